The molecule has 2 rings (SSSR count). The summed E-state index contributed by atoms with van der Waals surface area (Å²) in [5.74, 6) is 0. The molecular weight excluding hydrogens is 168 g/mol. The minimum Gasteiger partial charge on any atom is -0.398 e. The largest absolute Gasteiger partial charge is 0.398 e. The third-order valence-corrected chi connectivity index (χ3v) is 2.97. The third-order valence-electron chi connectivity index (χ3n) is 2.07. The summed E-state index contributed by atoms with van der Waals surface area (Å²) in [7, 11) is 0. The molecule has 2 N–H and O–H groups in total. The fourth-order valence-electron chi connectivity index (χ4n) is 1.32. The highest BCUT2D eigenvalue weighted by Crippen LogP contribution is 2.29. The van der Waals surface area contributed by atoms with E-state index in [-0.39, 0.29) is 0 Å². The zero-order chi connectivity index (χ0) is 8.72. The normalized spacial score (nSPS) is 10.8. The number of fused-ring (bicyclic) bond motifs is 1. The highest BCUT2D eigenvalue weighted by atomic mass is 32.1. The number of nitrogens with zero attached hydrogens (tertiary/aromatic N) is 1. The van der Waals surface area contributed by atoms with Gasteiger partial charge in [-0.2, -0.15) is 4.37 Å². The Balaban J connectivity index is 2.96. The Labute approximate surface area is 75.2 Å². The zero-order valence-corrected chi connectivity index (χ0v) is 7.90. The van der Waals surface area contributed by atoms with E-state index in [1.54, 1.807) is 0 Å². The molecule has 0 amide bonds. The van der Waals surface area contributed by atoms with Gasteiger partial charge in [0, 0.05) is 11.1 Å². The van der Waals surface area contributed by atoms with Crippen molar-refractivity contribution in [3.63, 3.8) is 0 Å². The molecule has 1 aromatic heterocycles. The number of aromatic nitrogens is 1. The second-order valence-corrected chi connectivity index (χ2v) is 3.74. The van der Waals surface area contributed by atoms with Crippen molar-refractivity contribution in [1.82, 2.24) is 4.37 Å². The molecule has 0 unspecified atom stereocenters. The van der Waals surface area contributed by atoms with E-state index in [0.29, 0.717) is 0 Å². The molecule has 0 atom stereocenters. The summed E-state index contributed by atoms with van der Waals surface area (Å²) in [6.45, 7) is 4.01. The van der Waals surface area contributed by atoms with E-state index in [1.807, 2.05) is 19.9 Å². The number of anilines is 1. The third kappa shape index (κ3) is 0.898. The van der Waals surface area contributed by atoms with Gasteiger partial charge in [-0.3, -0.25) is 0 Å². The van der Waals surface area contributed by atoms with Crippen LogP contribution in [0.5, 0.6) is 0 Å². The van der Waals surface area contributed by atoms with Gasteiger partial charge in [0.05, 0.1) is 10.4 Å². The monoisotopic (exact) mass is 178 g/mol. The Kier molecular flexibility index (Phi) is 1.54. The summed E-state index contributed by atoms with van der Waals surface area (Å²) in [5, 5.41) is 1.12. The van der Waals surface area contributed by atoms with Crippen molar-refractivity contribution >= 4 is 27.3 Å². The molecule has 2 nitrogen and oxygen atoms in total. The molecule has 1 heterocycles. The average Bonchev–Trinajstić information content (AvgIpc) is 2.41. The SMILES string of the molecule is Cc1ccc2snc(C)c2c1N. The van der Waals surface area contributed by atoms with Crippen LogP contribution in [0.25, 0.3) is 10.1 Å². The van der Waals surface area contributed by atoms with Gasteiger partial charge in [0.1, 0.15) is 0 Å². The number of nitrogens with two attached hydrogens (primary N) is 1. The summed E-state index contributed by atoms with van der Waals surface area (Å²) in [5.41, 5.74) is 8.97. The molecule has 0 bridgehead atoms. The van der Waals surface area contributed by atoms with Crippen molar-refractivity contribution in [2.45, 2.75) is 13.8 Å². The second-order valence-electron chi connectivity index (χ2n) is 2.94. The Morgan fingerprint density at radius 3 is 2.83 bits per heavy atom. The highest BCUT2D eigenvalue weighted by molar-refractivity contribution is 7.13. The van der Waals surface area contributed by atoms with Gasteiger partial charge in [0.2, 0.25) is 0 Å². The van der Waals surface area contributed by atoms with Crippen LogP contribution in [0.2, 0.25) is 0 Å². The van der Waals surface area contributed by atoms with Crippen molar-refractivity contribution in [3.8, 4) is 0 Å². The predicted molar refractivity (Wildman–Crippen MR) is 53.5 cm³/mol. The minimum absolute atomic E-state index is 0.874. The van der Waals surface area contributed by atoms with Gasteiger partial charge in [0.15, 0.2) is 0 Å². The number of nitrogen functional groups attached to an aromatic ring is 1. The van der Waals surface area contributed by atoms with Crippen LogP contribution in [0.1, 0.15) is 11.3 Å². The standard InChI is InChI=1S/C9H10N2S/c1-5-3-4-7-8(9(5)10)6(2)11-12-7/h3-4H,10H2,1-2H3. The van der Waals surface area contributed by atoms with E-state index in [0.717, 1.165) is 22.3 Å². The lowest BCUT2D eigenvalue weighted by molar-refractivity contribution is 1.37. The van der Waals surface area contributed by atoms with Gasteiger partial charge in [-0.05, 0) is 37.0 Å². The van der Waals surface area contributed by atoms with E-state index in [2.05, 4.69) is 10.4 Å². The van der Waals surface area contributed by atoms with Gasteiger partial charge < -0.3 is 5.73 Å². The molecule has 0 fully saturated rings. The van der Waals surface area contributed by atoms with E-state index in [9.17, 15) is 0 Å². The quantitative estimate of drug-likeness (QED) is 0.629. The summed E-state index contributed by atoms with van der Waals surface area (Å²) < 4.78 is 5.44. The predicted octanol–water partition coefficient (Wildman–Crippen LogP) is 2.50. The van der Waals surface area contributed by atoms with Gasteiger partial charge in [-0.25, -0.2) is 0 Å². The minimum atomic E-state index is 0.874. The maximum Gasteiger partial charge on any atom is 0.0610 e. The van der Waals surface area contributed by atoms with Crippen LogP contribution in [0.15, 0.2) is 12.1 Å². The van der Waals surface area contributed by atoms with Gasteiger partial charge in [-0.15, -0.1) is 0 Å². The summed E-state index contributed by atoms with van der Waals surface area (Å²) >= 11 is 1.51. The lowest BCUT2D eigenvalue weighted by Crippen LogP contribution is -1.90. The smallest absolute Gasteiger partial charge is 0.0610 e. The molecule has 0 saturated carbocycles. The maximum atomic E-state index is 5.93. The van der Waals surface area contributed by atoms with Crippen molar-refractivity contribution in [2.75, 3.05) is 5.73 Å². The molecule has 3 heteroatoms. The molecular formula is C9H10N2S. The summed E-state index contributed by atoms with van der Waals surface area (Å²) in [6, 6.07) is 4.11. The number of aryl methyl sites for hydroxylation is 2. The number of rotatable bonds is 0. The Hall–Kier alpha value is -1.09. The number of benzene rings is 1. The van der Waals surface area contributed by atoms with Crippen LogP contribution in [-0.2, 0) is 0 Å². The fraction of sp³-hybridized carbons (Fsp3) is 0.222. The summed E-state index contributed by atoms with van der Waals surface area (Å²) in [4.78, 5) is 0. The second kappa shape index (κ2) is 2.45. The molecule has 0 saturated heterocycles. The Morgan fingerprint density at radius 2 is 2.08 bits per heavy atom. The van der Waals surface area contributed by atoms with Gasteiger partial charge in [-0.1, -0.05) is 6.07 Å². The lowest BCUT2D eigenvalue weighted by Gasteiger charge is -2.00. The molecule has 62 valence electrons. The van der Waals surface area contributed by atoms with Crippen LogP contribution >= 0.6 is 11.5 Å². The summed E-state index contributed by atoms with van der Waals surface area (Å²) in [6.07, 6.45) is 0. The molecule has 2 aromatic rings. The molecule has 1 aromatic carbocycles. The van der Waals surface area contributed by atoms with Crippen LogP contribution in [0, 0.1) is 13.8 Å². The topological polar surface area (TPSA) is 38.9 Å². The zero-order valence-electron chi connectivity index (χ0n) is 7.09. The first kappa shape index (κ1) is 7.55. The highest BCUT2D eigenvalue weighted by Gasteiger charge is 2.06. The fourth-order valence-corrected chi connectivity index (χ4v) is 2.12. The lowest BCUT2D eigenvalue weighted by atomic mass is 10.1. The van der Waals surface area contributed by atoms with Gasteiger partial charge in [0.25, 0.3) is 0 Å². The first-order valence-corrected chi connectivity index (χ1v) is 4.58. The number of hydrogen-bond donors (Lipinski definition) is 1. The average molecular weight is 178 g/mol. The Morgan fingerprint density at radius 1 is 1.33 bits per heavy atom. The molecule has 12 heavy (non-hydrogen) atoms. The van der Waals surface area contributed by atoms with Gasteiger partial charge >= 0.3 is 0 Å². The van der Waals surface area contributed by atoms with Crippen LogP contribution < -0.4 is 5.73 Å². The maximum absolute atomic E-state index is 5.93. The van der Waals surface area contributed by atoms with Crippen LogP contribution in [0.3, 0.4) is 0 Å². The van der Waals surface area contributed by atoms with Crippen LogP contribution in [0.4, 0.5) is 5.69 Å². The first-order valence-electron chi connectivity index (χ1n) is 3.81. The van der Waals surface area contributed by atoms with Crippen molar-refractivity contribution < 1.29 is 0 Å². The van der Waals surface area contributed by atoms with Crippen molar-refractivity contribution in [3.05, 3.63) is 23.4 Å². The first-order chi connectivity index (χ1) is 5.70. The molecule has 0 aliphatic rings. The van der Waals surface area contributed by atoms with E-state index in [1.165, 1.54) is 16.2 Å². The van der Waals surface area contributed by atoms with E-state index >= 15 is 0 Å². The Bertz CT molecular complexity index is 431. The molecule has 0 radical (unpaired) electrons. The van der Waals surface area contributed by atoms with E-state index in [4.69, 9.17) is 5.73 Å². The van der Waals surface area contributed by atoms with E-state index < -0.39 is 0 Å². The number of hydrogen-bond acceptors (Lipinski definition) is 3. The van der Waals surface area contributed by atoms with Crippen molar-refractivity contribution in [2.24, 2.45) is 0 Å². The molecule has 0 spiro atoms. The molecule has 0 aliphatic carbocycles. The van der Waals surface area contributed by atoms with Crippen molar-refractivity contribution in [1.29, 1.82) is 0 Å². The van der Waals surface area contributed by atoms with Crippen LogP contribution in [-0.4, -0.2) is 4.37 Å². The molecule has 0 aliphatic heterocycles.